The van der Waals surface area contributed by atoms with E-state index in [0.717, 1.165) is 13.0 Å². The zero-order valence-electron chi connectivity index (χ0n) is 15.6. The minimum atomic E-state index is -0.291. The first-order valence-electron chi connectivity index (χ1n) is 10.1. The van der Waals surface area contributed by atoms with Gasteiger partial charge in [0.25, 0.3) is 0 Å². The number of hydrogen-bond donors (Lipinski definition) is 2. The molecule has 1 heterocycles. The molecule has 0 saturated heterocycles. The van der Waals surface area contributed by atoms with E-state index in [1.54, 1.807) is 12.3 Å². The van der Waals surface area contributed by atoms with Gasteiger partial charge in [-0.2, -0.15) is 4.98 Å². The van der Waals surface area contributed by atoms with Crippen molar-refractivity contribution in [3.63, 3.8) is 0 Å². The third-order valence-corrected chi connectivity index (χ3v) is 4.51. The summed E-state index contributed by atoms with van der Waals surface area (Å²) in [5.41, 5.74) is -0.291. The van der Waals surface area contributed by atoms with Crippen LogP contribution in [0, 0.1) is 0 Å². The first-order chi connectivity index (χ1) is 11.8. The number of unbranched alkanes of at least 4 members (excludes halogenated alkanes) is 13. The molecular formula is C20H37N3O. The number of rotatable bonds is 16. The molecule has 0 amide bonds. The van der Waals surface area contributed by atoms with Crippen LogP contribution in [0.5, 0.6) is 0 Å². The lowest BCUT2D eigenvalue weighted by molar-refractivity contribution is 0.537. The molecule has 1 aromatic heterocycles. The van der Waals surface area contributed by atoms with Crippen LogP contribution in [0.3, 0.4) is 0 Å². The van der Waals surface area contributed by atoms with Crippen molar-refractivity contribution >= 4 is 5.82 Å². The topological polar surface area (TPSA) is 57.8 Å². The lowest BCUT2D eigenvalue weighted by atomic mass is 10.0. The van der Waals surface area contributed by atoms with E-state index in [1.807, 2.05) is 0 Å². The first kappa shape index (κ1) is 20.7. The van der Waals surface area contributed by atoms with Gasteiger partial charge in [-0.05, 0) is 12.5 Å². The van der Waals surface area contributed by atoms with E-state index < -0.39 is 0 Å². The second-order valence-corrected chi connectivity index (χ2v) is 6.80. The maximum atomic E-state index is 11.0. The molecule has 0 saturated carbocycles. The molecule has 0 aliphatic carbocycles. The van der Waals surface area contributed by atoms with Crippen molar-refractivity contribution in [2.45, 2.75) is 96.8 Å². The van der Waals surface area contributed by atoms with Crippen molar-refractivity contribution in [2.75, 3.05) is 11.9 Å². The van der Waals surface area contributed by atoms with Crippen molar-refractivity contribution in [3.8, 4) is 0 Å². The van der Waals surface area contributed by atoms with E-state index in [9.17, 15) is 4.79 Å². The molecular weight excluding hydrogens is 298 g/mol. The van der Waals surface area contributed by atoms with Gasteiger partial charge in [0.2, 0.25) is 0 Å². The third kappa shape index (κ3) is 12.1. The van der Waals surface area contributed by atoms with Crippen LogP contribution in [0.1, 0.15) is 96.8 Å². The molecule has 0 aliphatic heterocycles. The van der Waals surface area contributed by atoms with E-state index in [2.05, 4.69) is 22.2 Å². The van der Waals surface area contributed by atoms with Crippen molar-refractivity contribution < 1.29 is 0 Å². The van der Waals surface area contributed by atoms with Crippen LogP contribution in [-0.4, -0.2) is 16.5 Å². The molecule has 0 unspecified atom stereocenters. The number of nitrogens with zero attached hydrogens (tertiary/aromatic N) is 1. The lowest BCUT2D eigenvalue weighted by Gasteiger charge is -2.05. The number of aromatic nitrogens is 2. The lowest BCUT2D eigenvalue weighted by Crippen LogP contribution is -2.13. The fraction of sp³-hybridized carbons (Fsp3) is 0.800. The predicted molar refractivity (Wildman–Crippen MR) is 104 cm³/mol. The SMILES string of the molecule is CCCCCCCCCCCCCCCCNc1cc[nH]c(=O)n1. The number of hydrogen-bond acceptors (Lipinski definition) is 3. The third-order valence-electron chi connectivity index (χ3n) is 4.51. The molecule has 0 fully saturated rings. The smallest absolute Gasteiger partial charge is 0.346 e. The second-order valence-electron chi connectivity index (χ2n) is 6.80. The van der Waals surface area contributed by atoms with Crippen LogP contribution >= 0.6 is 0 Å². The van der Waals surface area contributed by atoms with Gasteiger partial charge in [0.15, 0.2) is 0 Å². The maximum absolute atomic E-state index is 11.0. The zero-order chi connectivity index (χ0) is 17.3. The van der Waals surface area contributed by atoms with Crippen LogP contribution in [-0.2, 0) is 0 Å². The van der Waals surface area contributed by atoms with E-state index in [1.165, 1.54) is 83.5 Å². The summed E-state index contributed by atoms with van der Waals surface area (Å²) < 4.78 is 0. The number of aromatic amines is 1. The summed E-state index contributed by atoms with van der Waals surface area (Å²) in [7, 11) is 0. The molecule has 0 atom stereocenters. The van der Waals surface area contributed by atoms with Crippen molar-refractivity contribution in [1.29, 1.82) is 0 Å². The van der Waals surface area contributed by atoms with E-state index in [0.29, 0.717) is 5.82 Å². The molecule has 0 bridgehead atoms. The van der Waals surface area contributed by atoms with Gasteiger partial charge in [0.1, 0.15) is 5.82 Å². The van der Waals surface area contributed by atoms with E-state index in [-0.39, 0.29) is 5.69 Å². The van der Waals surface area contributed by atoms with Crippen LogP contribution in [0.25, 0.3) is 0 Å². The van der Waals surface area contributed by atoms with Gasteiger partial charge in [-0.1, -0.05) is 90.4 Å². The Kier molecular flexibility index (Phi) is 13.1. The maximum Gasteiger partial charge on any atom is 0.346 e. The Morgan fingerprint density at radius 1 is 0.833 bits per heavy atom. The molecule has 0 aromatic carbocycles. The fourth-order valence-corrected chi connectivity index (χ4v) is 3.01. The molecule has 1 rings (SSSR count). The summed E-state index contributed by atoms with van der Waals surface area (Å²) in [5, 5.41) is 3.20. The number of anilines is 1. The summed E-state index contributed by atoms with van der Waals surface area (Å²) in [6.07, 6.45) is 20.9. The summed E-state index contributed by atoms with van der Waals surface area (Å²) >= 11 is 0. The van der Waals surface area contributed by atoms with Gasteiger partial charge < -0.3 is 10.3 Å². The largest absolute Gasteiger partial charge is 0.370 e. The minimum Gasteiger partial charge on any atom is -0.370 e. The van der Waals surface area contributed by atoms with Gasteiger partial charge in [0, 0.05) is 12.7 Å². The summed E-state index contributed by atoms with van der Waals surface area (Å²) in [6.45, 7) is 3.17. The molecule has 2 N–H and O–H groups in total. The number of nitrogens with one attached hydrogen (secondary N) is 2. The zero-order valence-corrected chi connectivity index (χ0v) is 15.6. The number of H-pyrrole nitrogens is 1. The Labute approximate surface area is 147 Å². The molecule has 1 aromatic rings. The highest BCUT2D eigenvalue weighted by molar-refractivity contribution is 5.31. The Morgan fingerprint density at radius 2 is 1.33 bits per heavy atom. The Bertz CT molecular complexity index is 445. The first-order valence-corrected chi connectivity index (χ1v) is 10.1. The molecule has 0 radical (unpaired) electrons. The highest BCUT2D eigenvalue weighted by Crippen LogP contribution is 2.12. The fourth-order valence-electron chi connectivity index (χ4n) is 3.01. The summed E-state index contributed by atoms with van der Waals surface area (Å²) in [4.78, 5) is 17.4. The average molecular weight is 336 g/mol. The standard InChI is InChI=1S/C20H37N3O/c1-2-3-4-5-6-7-8-9-10-11-12-13-14-15-17-21-19-16-18-22-20(24)23-19/h16,18H,2-15,17H2,1H3,(H2,21,22,23,24). The Balaban J connectivity index is 1.77. The Hall–Kier alpha value is -1.32. The molecule has 138 valence electrons. The molecule has 4 nitrogen and oxygen atoms in total. The monoisotopic (exact) mass is 335 g/mol. The van der Waals surface area contributed by atoms with Crippen molar-refractivity contribution in [3.05, 3.63) is 22.7 Å². The predicted octanol–water partition coefficient (Wildman–Crippen LogP) is 5.66. The molecule has 4 heteroatoms. The van der Waals surface area contributed by atoms with Crippen LogP contribution in [0.4, 0.5) is 5.82 Å². The molecule has 24 heavy (non-hydrogen) atoms. The van der Waals surface area contributed by atoms with Crippen molar-refractivity contribution in [1.82, 2.24) is 9.97 Å². The van der Waals surface area contributed by atoms with Crippen LogP contribution in [0.2, 0.25) is 0 Å². The van der Waals surface area contributed by atoms with Gasteiger partial charge in [0.05, 0.1) is 0 Å². The quantitative estimate of drug-likeness (QED) is 0.383. The van der Waals surface area contributed by atoms with E-state index in [4.69, 9.17) is 0 Å². The van der Waals surface area contributed by atoms with Gasteiger partial charge >= 0.3 is 5.69 Å². The van der Waals surface area contributed by atoms with Crippen molar-refractivity contribution in [2.24, 2.45) is 0 Å². The highest BCUT2D eigenvalue weighted by atomic mass is 16.1. The van der Waals surface area contributed by atoms with Crippen LogP contribution < -0.4 is 11.0 Å². The normalized spacial score (nSPS) is 10.9. The van der Waals surface area contributed by atoms with Gasteiger partial charge in [-0.3, -0.25) is 0 Å². The van der Waals surface area contributed by atoms with E-state index >= 15 is 0 Å². The average Bonchev–Trinajstić information content (AvgIpc) is 2.58. The second kappa shape index (κ2) is 15.2. The Morgan fingerprint density at radius 3 is 1.83 bits per heavy atom. The summed E-state index contributed by atoms with van der Waals surface area (Å²) in [5.74, 6) is 0.674. The summed E-state index contributed by atoms with van der Waals surface area (Å²) in [6, 6.07) is 1.80. The van der Waals surface area contributed by atoms with Gasteiger partial charge in [-0.25, -0.2) is 4.79 Å². The molecule has 0 spiro atoms. The van der Waals surface area contributed by atoms with Gasteiger partial charge in [-0.15, -0.1) is 0 Å². The van der Waals surface area contributed by atoms with Crippen LogP contribution in [0.15, 0.2) is 17.1 Å². The molecule has 0 aliphatic rings. The minimum absolute atomic E-state index is 0.291. The highest BCUT2D eigenvalue weighted by Gasteiger charge is 1.96.